The third kappa shape index (κ3) is 5.10. The number of fused-ring (bicyclic) bond motifs is 1. The predicted molar refractivity (Wildman–Crippen MR) is 148 cm³/mol. The Balaban J connectivity index is 1.55. The highest BCUT2D eigenvalue weighted by atomic mass is 19.2. The topological polar surface area (TPSA) is 119 Å². The van der Waals surface area contributed by atoms with Crippen molar-refractivity contribution < 1.29 is 13.6 Å². The Bertz CT molecular complexity index is 1740. The summed E-state index contributed by atoms with van der Waals surface area (Å²) in [6, 6.07) is 12.6. The molecule has 0 saturated carbocycles. The number of benzene rings is 2. The van der Waals surface area contributed by atoms with Crippen LogP contribution in [0.5, 0.6) is 0 Å². The highest BCUT2D eigenvalue weighted by Gasteiger charge is 2.22. The quantitative estimate of drug-likeness (QED) is 0.355. The van der Waals surface area contributed by atoms with Crippen molar-refractivity contribution in [1.82, 2.24) is 19.4 Å². The van der Waals surface area contributed by atoms with Crippen molar-refractivity contribution in [2.75, 3.05) is 48.8 Å². The summed E-state index contributed by atoms with van der Waals surface area (Å²) in [6.45, 7) is 6.05. The lowest BCUT2D eigenvalue weighted by Crippen LogP contribution is -2.44. The lowest BCUT2D eigenvalue weighted by molar-refractivity contribution is -0.111. The van der Waals surface area contributed by atoms with Crippen LogP contribution >= 0.6 is 0 Å². The molecule has 1 saturated heterocycles. The van der Waals surface area contributed by atoms with Gasteiger partial charge in [0, 0.05) is 44.1 Å². The molecule has 1 fully saturated rings. The minimum atomic E-state index is -1.09. The number of carbonyl (C=O) groups is 1. The van der Waals surface area contributed by atoms with E-state index in [1.165, 1.54) is 22.9 Å². The summed E-state index contributed by atoms with van der Waals surface area (Å²) in [5, 5.41) is 15.2. The number of hydrogen-bond donors (Lipinski definition) is 2. The lowest BCUT2D eigenvalue weighted by atomic mass is 10.2. The van der Waals surface area contributed by atoms with Crippen molar-refractivity contribution in [3.63, 3.8) is 0 Å². The van der Waals surface area contributed by atoms with E-state index in [-0.39, 0.29) is 34.1 Å². The van der Waals surface area contributed by atoms with Crippen LogP contribution in [0.1, 0.15) is 5.69 Å². The summed E-state index contributed by atoms with van der Waals surface area (Å²) in [5.74, 6) is -2.62. The SMILES string of the molecule is C=CC(=O)Nc1cccc(-n2c(C#N)cc(=O)c3cnc(Nc4ccc(N5CCN(C)CC5)c(F)c4F)nc32)c1. The number of aromatic nitrogens is 3. The van der Waals surface area contributed by atoms with Crippen molar-refractivity contribution >= 4 is 40.0 Å². The van der Waals surface area contributed by atoms with Gasteiger partial charge in [-0.3, -0.25) is 14.2 Å². The van der Waals surface area contributed by atoms with E-state index in [4.69, 9.17) is 0 Å². The second-order valence-electron chi connectivity index (χ2n) is 9.19. The van der Waals surface area contributed by atoms with E-state index in [1.807, 2.05) is 13.1 Å². The molecule has 202 valence electrons. The molecule has 40 heavy (non-hydrogen) atoms. The number of rotatable bonds is 6. The van der Waals surface area contributed by atoms with E-state index in [1.54, 1.807) is 29.2 Å². The Morgan fingerprint density at radius 3 is 2.62 bits per heavy atom. The third-order valence-corrected chi connectivity index (χ3v) is 6.58. The zero-order chi connectivity index (χ0) is 28.4. The lowest BCUT2D eigenvalue weighted by Gasteiger charge is -2.34. The molecule has 3 heterocycles. The molecule has 12 heteroatoms. The Kier molecular flexibility index (Phi) is 7.22. The summed E-state index contributed by atoms with van der Waals surface area (Å²) < 4.78 is 31.6. The number of halogens is 2. The number of nitriles is 1. The van der Waals surface area contributed by atoms with Gasteiger partial charge in [-0.1, -0.05) is 12.6 Å². The third-order valence-electron chi connectivity index (χ3n) is 6.58. The fourth-order valence-electron chi connectivity index (χ4n) is 4.47. The van der Waals surface area contributed by atoms with E-state index in [2.05, 4.69) is 32.1 Å². The van der Waals surface area contributed by atoms with Gasteiger partial charge < -0.3 is 20.4 Å². The molecule has 2 aromatic heterocycles. The average Bonchev–Trinajstić information content (AvgIpc) is 2.96. The van der Waals surface area contributed by atoms with Crippen LogP contribution < -0.4 is 21.0 Å². The molecular weight excluding hydrogens is 518 g/mol. The van der Waals surface area contributed by atoms with E-state index in [0.29, 0.717) is 24.5 Å². The average molecular weight is 543 g/mol. The van der Waals surface area contributed by atoms with Crippen LogP contribution in [0, 0.1) is 23.0 Å². The molecule has 2 aromatic carbocycles. The number of hydrogen-bond acceptors (Lipinski definition) is 8. The molecule has 2 N–H and O–H groups in total. The van der Waals surface area contributed by atoms with Gasteiger partial charge in [0.15, 0.2) is 22.7 Å². The molecule has 1 amide bonds. The van der Waals surface area contributed by atoms with Crippen LogP contribution in [0.25, 0.3) is 16.7 Å². The van der Waals surface area contributed by atoms with Gasteiger partial charge >= 0.3 is 0 Å². The highest BCUT2D eigenvalue weighted by molar-refractivity contribution is 5.99. The molecule has 0 bridgehead atoms. The minimum Gasteiger partial charge on any atom is -0.367 e. The van der Waals surface area contributed by atoms with Gasteiger partial charge in [-0.15, -0.1) is 0 Å². The van der Waals surface area contributed by atoms with Crippen LogP contribution in [0.2, 0.25) is 0 Å². The Morgan fingerprint density at radius 1 is 1.12 bits per heavy atom. The summed E-state index contributed by atoms with van der Waals surface area (Å²) in [6.07, 6.45) is 2.37. The molecule has 4 aromatic rings. The molecule has 0 spiro atoms. The number of amides is 1. The molecule has 0 aliphatic carbocycles. The number of likely N-dealkylation sites (N-methyl/N-ethyl adjacent to an activating group) is 1. The number of pyridine rings is 1. The standard InChI is InChI=1S/C28H24F2N8O2/c1-3-24(40)33-17-5-4-6-18(13-17)38-19(15-31)14-23(39)20-16-32-28(35-27(20)38)34-21-7-8-22(26(30)25(21)29)37-11-9-36(2)10-12-37/h3-8,13-14,16H,1,9-12H2,2H3,(H,33,40)(H,32,34,35). The van der Waals surface area contributed by atoms with E-state index >= 15 is 8.78 Å². The normalized spacial score (nSPS) is 13.6. The maximum Gasteiger partial charge on any atom is 0.247 e. The zero-order valence-corrected chi connectivity index (χ0v) is 21.5. The molecule has 1 aliphatic rings. The number of nitrogens with zero attached hydrogens (tertiary/aromatic N) is 6. The van der Waals surface area contributed by atoms with Crippen LogP contribution in [0.15, 0.2) is 66.1 Å². The van der Waals surface area contributed by atoms with Gasteiger partial charge in [0.25, 0.3) is 0 Å². The smallest absolute Gasteiger partial charge is 0.247 e. The Hall–Kier alpha value is -5.15. The first kappa shape index (κ1) is 26.5. The van der Waals surface area contributed by atoms with Crippen LogP contribution in [-0.2, 0) is 4.79 Å². The molecule has 1 aliphatic heterocycles. The van der Waals surface area contributed by atoms with Crippen molar-refractivity contribution in [2.45, 2.75) is 0 Å². The monoisotopic (exact) mass is 542 g/mol. The van der Waals surface area contributed by atoms with Crippen LogP contribution in [0.4, 0.5) is 31.8 Å². The summed E-state index contributed by atoms with van der Waals surface area (Å²) in [7, 11) is 1.97. The maximum absolute atomic E-state index is 15.1. The van der Waals surface area contributed by atoms with Gasteiger partial charge in [-0.05, 0) is 43.5 Å². The van der Waals surface area contributed by atoms with Crippen molar-refractivity contribution in [1.29, 1.82) is 5.26 Å². The molecule has 10 nitrogen and oxygen atoms in total. The van der Waals surface area contributed by atoms with Crippen molar-refractivity contribution in [3.8, 4) is 11.8 Å². The van der Waals surface area contributed by atoms with Crippen LogP contribution in [0.3, 0.4) is 0 Å². The first-order valence-electron chi connectivity index (χ1n) is 12.3. The van der Waals surface area contributed by atoms with Crippen molar-refractivity contribution in [3.05, 3.63) is 88.9 Å². The van der Waals surface area contributed by atoms with Gasteiger partial charge in [-0.2, -0.15) is 10.2 Å². The number of anilines is 4. The molecule has 0 radical (unpaired) electrons. The number of carbonyl (C=O) groups excluding carboxylic acids is 1. The number of piperazine rings is 1. The minimum absolute atomic E-state index is 0.0249. The van der Waals surface area contributed by atoms with E-state index < -0.39 is 23.0 Å². The van der Waals surface area contributed by atoms with E-state index in [0.717, 1.165) is 25.2 Å². The molecule has 0 unspecified atom stereocenters. The van der Waals surface area contributed by atoms with Gasteiger partial charge in [0.1, 0.15) is 11.8 Å². The second-order valence-corrected chi connectivity index (χ2v) is 9.19. The Labute approximate surface area is 227 Å². The van der Waals surface area contributed by atoms with Crippen molar-refractivity contribution in [2.24, 2.45) is 0 Å². The maximum atomic E-state index is 15.1. The fourth-order valence-corrected chi connectivity index (χ4v) is 4.47. The molecular formula is C28H24F2N8O2. The van der Waals surface area contributed by atoms with Crippen LogP contribution in [-0.4, -0.2) is 58.6 Å². The largest absolute Gasteiger partial charge is 0.367 e. The van der Waals surface area contributed by atoms with E-state index in [9.17, 15) is 14.9 Å². The second kappa shape index (κ2) is 10.9. The van der Waals surface area contributed by atoms with Gasteiger partial charge in [0.05, 0.1) is 22.4 Å². The van der Waals surface area contributed by atoms with Gasteiger partial charge in [0.2, 0.25) is 11.9 Å². The molecule has 5 rings (SSSR count). The van der Waals surface area contributed by atoms with Gasteiger partial charge in [-0.25, -0.2) is 13.8 Å². The number of nitrogens with one attached hydrogen (secondary N) is 2. The summed E-state index contributed by atoms with van der Waals surface area (Å²) in [4.78, 5) is 36.9. The highest BCUT2D eigenvalue weighted by Crippen LogP contribution is 2.29. The first-order valence-corrected chi connectivity index (χ1v) is 12.3. The summed E-state index contributed by atoms with van der Waals surface area (Å²) >= 11 is 0. The summed E-state index contributed by atoms with van der Waals surface area (Å²) in [5.41, 5.74) is 0.372. The Morgan fingerprint density at radius 2 is 1.90 bits per heavy atom. The zero-order valence-electron chi connectivity index (χ0n) is 21.5. The first-order chi connectivity index (χ1) is 19.3. The fraction of sp³-hybridized carbons (Fsp3) is 0.179. The predicted octanol–water partition coefficient (Wildman–Crippen LogP) is 3.55. The molecule has 0 atom stereocenters.